The van der Waals surface area contributed by atoms with Crippen molar-refractivity contribution in [1.82, 2.24) is 15.2 Å². The maximum atomic E-state index is 12.5. The number of rotatable bonds is 7. The summed E-state index contributed by atoms with van der Waals surface area (Å²) < 4.78 is 4.91. The molecule has 0 radical (unpaired) electrons. The van der Waals surface area contributed by atoms with E-state index >= 15 is 0 Å². The number of hydrogen-bond acceptors (Lipinski definition) is 8. The zero-order chi connectivity index (χ0) is 20.5. The Morgan fingerprint density at radius 1 is 1.54 bits per heavy atom. The molecule has 1 atom stereocenters. The number of methoxy groups -OCH3 is 1. The normalized spacial score (nSPS) is 17.6. The van der Waals surface area contributed by atoms with E-state index in [0.29, 0.717) is 12.2 Å². The number of nitrogens with zero attached hydrogens (tertiary/aromatic N) is 3. The Bertz CT molecular complexity index is 784. The lowest BCUT2D eigenvalue weighted by Crippen LogP contribution is -2.48. The largest absolute Gasteiger partial charge is 0.482 e. The molecule has 1 aliphatic rings. The van der Waals surface area contributed by atoms with Crippen LogP contribution in [0, 0.1) is 10.8 Å². The van der Waals surface area contributed by atoms with Gasteiger partial charge >= 0.3 is 0 Å². The Kier molecular flexibility index (Phi) is 7.64. The molecule has 6 N–H and O–H groups in total. The summed E-state index contributed by atoms with van der Waals surface area (Å²) in [6.07, 6.45) is 4.32. The molecule has 0 spiro atoms. The van der Waals surface area contributed by atoms with Crippen molar-refractivity contribution in [2.24, 2.45) is 10.7 Å². The van der Waals surface area contributed by atoms with Crippen LogP contribution in [0.4, 0.5) is 5.82 Å². The average Bonchev–Trinajstić information content (AvgIpc) is 2.72. The summed E-state index contributed by atoms with van der Waals surface area (Å²) in [5.41, 5.74) is 6.11. The van der Waals surface area contributed by atoms with Crippen molar-refractivity contribution in [2.75, 3.05) is 32.6 Å². The Balaban J connectivity index is 2.19. The van der Waals surface area contributed by atoms with Crippen LogP contribution in [-0.2, 0) is 9.53 Å². The zero-order valence-electron chi connectivity index (χ0n) is 16.0. The van der Waals surface area contributed by atoms with Crippen molar-refractivity contribution in [3.63, 3.8) is 0 Å². The number of amidine groups is 1. The van der Waals surface area contributed by atoms with Crippen LogP contribution in [0.2, 0.25) is 0 Å². The topological polar surface area (TPSA) is 153 Å². The predicted octanol–water partition coefficient (Wildman–Crippen LogP) is 0.524. The molecule has 1 unspecified atom stereocenters. The van der Waals surface area contributed by atoms with Gasteiger partial charge in [0.25, 0.3) is 5.91 Å². The van der Waals surface area contributed by atoms with Crippen molar-refractivity contribution in [1.29, 1.82) is 10.8 Å². The van der Waals surface area contributed by atoms with Gasteiger partial charge in [0.1, 0.15) is 17.1 Å². The first kappa shape index (κ1) is 21.0. The molecule has 1 aliphatic heterocycles. The van der Waals surface area contributed by atoms with E-state index in [1.54, 1.807) is 23.1 Å². The third-order valence-corrected chi connectivity index (χ3v) is 4.28. The number of pyridine rings is 1. The summed E-state index contributed by atoms with van der Waals surface area (Å²) in [7, 11) is 2.88. The molecule has 28 heavy (non-hydrogen) atoms. The number of amides is 1. The Hall–Kier alpha value is -3.27. The average molecular weight is 386 g/mol. The number of nitrogens with two attached hydrogens (primary N) is 1. The molecular formula is C18H26N8O2. The molecule has 1 fully saturated rings. The van der Waals surface area contributed by atoms with Crippen LogP contribution in [0.25, 0.3) is 0 Å². The van der Waals surface area contributed by atoms with Gasteiger partial charge in [-0.2, -0.15) is 0 Å². The van der Waals surface area contributed by atoms with Gasteiger partial charge in [0, 0.05) is 25.8 Å². The Labute approximate surface area is 163 Å². The fourth-order valence-corrected chi connectivity index (χ4v) is 2.85. The third-order valence-electron chi connectivity index (χ3n) is 4.28. The molecular weight excluding hydrogens is 360 g/mol. The second-order valence-corrected chi connectivity index (χ2v) is 6.12. The summed E-state index contributed by atoms with van der Waals surface area (Å²) in [6.45, 7) is 1.64. The quantitative estimate of drug-likeness (QED) is 0.199. The molecule has 10 nitrogen and oxygen atoms in total. The van der Waals surface area contributed by atoms with Crippen molar-refractivity contribution in [2.45, 2.75) is 18.9 Å². The van der Waals surface area contributed by atoms with Gasteiger partial charge in [0.05, 0.1) is 13.4 Å². The highest BCUT2D eigenvalue weighted by atomic mass is 16.5. The van der Waals surface area contributed by atoms with Gasteiger partial charge in [-0.1, -0.05) is 6.07 Å². The number of piperidine rings is 1. The fourth-order valence-electron chi connectivity index (χ4n) is 2.85. The lowest BCUT2D eigenvalue weighted by atomic mass is 10.1. The molecule has 2 heterocycles. The first-order valence-electron chi connectivity index (χ1n) is 8.84. The number of aliphatic imine (C=N–C) groups is 1. The number of carbonyl (C=O) groups excluding carboxylic acids is 1. The molecule has 0 saturated carbocycles. The number of anilines is 1. The van der Waals surface area contributed by atoms with Gasteiger partial charge in [0.2, 0.25) is 0 Å². The number of hydrogen-bond donors (Lipinski definition) is 5. The van der Waals surface area contributed by atoms with E-state index in [0.717, 1.165) is 25.7 Å². The molecule has 1 aromatic rings. The van der Waals surface area contributed by atoms with Crippen LogP contribution in [0.5, 0.6) is 0 Å². The first-order valence-corrected chi connectivity index (χ1v) is 8.84. The lowest BCUT2D eigenvalue weighted by Gasteiger charge is -2.32. The predicted molar refractivity (Wildman–Crippen MR) is 109 cm³/mol. The summed E-state index contributed by atoms with van der Waals surface area (Å²) in [5.74, 6) is -0.236. The molecule has 0 aliphatic carbocycles. The highest BCUT2D eigenvalue weighted by Crippen LogP contribution is 2.14. The van der Waals surface area contributed by atoms with Gasteiger partial charge in [-0.05, 0) is 31.5 Å². The van der Waals surface area contributed by atoms with Crippen LogP contribution in [0.3, 0.4) is 0 Å². The van der Waals surface area contributed by atoms with Crippen molar-refractivity contribution < 1.29 is 9.53 Å². The zero-order valence-corrected chi connectivity index (χ0v) is 16.0. The van der Waals surface area contributed by atoms with E-state index in [9.17, 15) is 4.79 Å². The van der Waals surface area contributed by atoms with E-state index < -0.39 is 5.91 Å². The van der Waals surface area contributed by atoms with Crippen LogP contribution in [0.15, 0.2) is 34.6 Å². The second kappa shape index (κ2) is 10.2. The van der Waals surface area contributed by atoms with E-state index in [2.05, 4.69) is 20.6 Å². The summed E-state index contributed by atoms with van der Waals surface area (Å²) in [5, 5.41) is 22.1. The van der Waals surface area contributed by atoms with Crippen LogP contribution >= 0.6 is 0 Å². The Morgan fingerprint density at radius 2 is 2.32 bits per heavy atom. The summed E-state index contributed by atoms with van der Waals surface area (Å²) >= 11 is 0. The molecule has 0 aromatic carbocycles. The summed E-state index contributed by atoms with van der Waals surface area (Å²) in [4.78, 5) is 22.2. The minimum Gasteiger partial charge on any atom is -0.482 e. The smallest absolute Gasteiger partial charge is 0.263 e. The van der Waals surface area contributed by atoms with Crippen LogP contribution in [0.1, 0.15) is 18.5 Å². The molecule has 1 aromatic heterocycles. The van der Waals surface area contributed by atoms with Crippen LogP contribution in [-0.4, -0.2) is 67.5 Å². The number of aromatic nitrogens is 1. The maximum absolute atomic E-state index is 12.5. The molecule has 0 bridgehead atoms. The second-order valence-electron chi connectivity index (χ2n) is 6.12. The van der Waals surface area contributed by atoms with Gasteiger partial charge in [-0.25, -0.2) is 4.98 Å². The van der Waals surface area contributed by atoms with E-state index in [1.807, 2.05) is 0 Å². The van der Waals surface area contributed by atoms with Gasteiger partial charge < -0.3 is 26.0 Å². The summed E-state index contributed by atoms with van der Waals surface area (Å²) in [6, 6.07) is 4.98. The van der Waals surface area contributed by atoms with Gasteiger partial charge in [-0.3, -0.25) is 20.6 Å². The van der Waals surface area contributed by atoms with E-state index in [1.165, 1.54) is 20.4 Å². The highest BCUT2D eigenvalue weighted by Gasteiger charge is 2.23. The number of carbonyl (C=O) groups is 1. The molecule has 1 saturated heterocycles. The molecule has 2 rings (SSSR count). The van der Waals surface area contributed by atoms with E-state index in [-0.39, 0.29) is 29.2 Å². The van der Waals surface area contributed by atoms with Crippen molar-refractivity contribution >= 4 is 30.1 Å². The molecule has 1 amide bonds. The SMILES string of the molecule is CN=C/C(C(=O)Nc1cccc(C(=N)N(C=N)C2CCCNC2)n1)=C(\N)OC. The van der Waals surface area contributed by atoms with Crippen molar-refractivity contribution in [3.8, 4) is 0 Å². The Morgan fingerprint density at radius 3 is 2.93 bits per heavy atom. The fraction of sp³-hybridized carbons (Fsp3) is 0.389. The first-order chi connectivity index (χ1) is 13.5. The van der Waals surface area contributed by atoms with Gasteiger partial charge in [-0.15, -0.1) is 0 Å². The standard InChI is InChI=1S/C18H26N8O2/c1-22-10-13(17(21)28-2)18(27)25-15-7-3-6-14(24-15)16(20)26(11-19)12-5-4-8-23-9-12/h3,6-7,10-12,19-20,23H,4-5,8-9,21H2,1-2H3,(H,24,25,27)/b17-13-,19-11?,20-16?,22-10?. The maximum Gasteiger partial charge on any atom is 0.263 e. The molecule has 150 valence electrons. The van der Waals surface area contributed by atoms with E-state index in [4.69, 9.17) is 21.3 Å². The monoisotopic (exact) mass is 386 g/mol. The number of ether oxygens (including phenoxy) is 1. The number of nitrogens with one attached hydrogen (secondary N) is 4. The van der Waals surface area contributed by atoms with Crippen LogP contribution < -0.4 is 16.4 Å². The molecule has 10 heteroatoms. The highest BCUT2D eigenvalue weighted by molar-refractivity contribution is 6.17. The minimum absolute atomic E-state index is 0.0237. The van der Waals surface area contributed by atoms with Crippen molar-refractivity contribution in [3.05, 3.63) is 35.3 Å². The lowest BCUT2D eigenvalue weighted by molar-refractivity contribution is -0.112. The third kappa shape index (κ3) is 5.13. The minimum atomic E-state index is -0.526. The van der Waals surface area contributed by atoms with Gasteiger partial charge in [0.15, 0.2) is 11.7 Å².